The number of hydrogen-bond donors (Lipinski definition) is 1. The van der Waals surface area contributed by atoms with Gasteiger partial charge in [-0.2, -0.15) is 0 Å². The predicted octanol–water partition coefficient (Wildman–Crippen LogP) is 3.46. The smallest absolute Gasteiger partial charge is 0.116 e. The van der Waals surface area contributed by atoms with Gasteiger partial charge in [0, 0.05) is 0 Å². The summed E-state index contributed by atoms with van der Waals surface area (Å²) in [5.74, 6) is 0.216. The van der Waals surface area contributed by atoms with E-state index < -0.39 is 0 Å². The molecule has 1 N–H and O–H groups in total. The molecule has 2 heteroatoms. The molecule has 0 spiro atoms. The molecule has 0 aromatic carbocycles. The fourth-order valence-corrected chi connectivity index (χ4v) is 0.716. The van der Waals surface area contributed by atoms with Crippen molar-refractivity contribution >= 4 is 15.9 Å². The number of rotatable bonds is 2. The second kappa shape index (κ2) is 6.02. The largest absolute Gasteiger partial charge is 0.508 e. The van der Waals surface area contributed by atoms with Crippen LogP contribution in [0.5, 0.6) is 0 Å². The lowest BCUT2D eigenvalue weighted by molar-refractivity contribution is 0.432. The Balaban J connectivity index is 4.24. The summed E-state index contributed by atoms with van der Waals surface area (Å²) in [5.41, 5.74) is 2.82. The average molecular weight is 215 g/mol. The van der Waals surface area contributed by atoms with Crippen molar-refractivity contribution in [3.05, 3.63) is 40.3 Å². The summed E-state index contributed by atoms with van der Waals surface area (Å²) in [7, 11) is 0. The fourth-order valence-electron chi connectivity index (χ4n) is 0.482. The van der Waals surface area contributed by atoms with Crippen molar-refractivity contribution in [2.24, 2.45) is 0 Å². The lowest BCUT2D eigenvalue weighted by Gasteiger charge is -1.87. The molecule has 0 heterocycles. The monoisotopic (exact) mass is 214 g/mol. The molecule has 0 aromatic heterocycles. The fraction of sp³-hybridized carbons (Fsp3) is 0.222. The summed E-state index contributed by atoms with van der Waals surface area (Å²) in [4.78, 5) is 0. The Kier molecular flexibility index (Phi) is 5.63. The number of halogens is 1. The third-order valence-corrected chi connectivity index (χ3v) is 1.09. The van der Waals surface area contributed by atoms with Crippen LogP contribution < -0.4 is 0 Å². The van der Waals surface area contributed by atoms with Crippen molar-refractivity contribution in [2.75, 3.05) is 0 Å². The molecule has 1 nitrogen and oxygen atoms in total. The van der Waals surface area contributed by atoms with Crippen LogP contribution in [0.3, 0.4) is 0 Å². The van der Waals surface area contributed by atoms with Gasteiger partial charge in [-0.15, -0.1) is 5.73 Å². The van der Waals surface area contributed by atoms with Crippen molar-refractivity contribution < 1.29 is 5.11 Å². The van der Waals surface area contributed by atoms with Crippen LogP contribution in [-0.2, 0) is 0 Å². The molecule has 0 amide bonds. The van der Waals surface area contributed by atoms with E-state index in [-0.39, 0.29) is 5.76 Å². The second-order valence-corrected chi connectivity index (χ2v) is 3.20. The van der Waals surface area contributed by atoms with Crippen molar-refractivity contribution in [3.8, 4) is 0 Å². The number of hydrogen-bond acceptors (Lipinski definition) is 1. The van der Waals surface area contributed by atoms with Gasteiger partial charge in [0.25, 0.3) is 0 Å². The summed E-state index contributed by atoms with van der Waals surface area (Å²) in [6.07, 6.45) is 6.62. The Morgan fingerprint density at radius 3 is 2.64 bits per heavy atom. The molecule has 60 valence electrons. The number of allylic oxidation sites excluding steroid dienone is 4. The summed E-state index contributed by atoms with van der Waals surface area (Å²) in [5, 5.41) is 9.12. The first-order valence-corrected chi connectivity index (χ1v) is 4.06. The van der Waals surface area contributed by atoms with Crippen molar-refractivity contribution in [1.29, 1.82) is 0 Å². The normalized spacial score (nSPS) is 12.3. The molecule has 0 fully saturated rings. The van der Waals surface area contributed by atoms with E-state index in [1.54, 1.807) is 24.3 Å². The number of aliphatic hydroxyl groups excluding tert-OH is 1. The Hall–Kier alpha value is -0.720. The molecule has 0 aliphatic carbocycles. The minimum Gasteiger partial charge on any atom is -0.508 e. The minimum absolute atomic E-state index is 0.216. The van der Waals surface area contributed by atoms with Gasteiger partial charge in [0.2, 0.25) is 0 Å². The van der Waals surface area contributed by atoms with Crippen LogP contribution in [0.2, 0.25) is 0 Å². The second-order valence-electron chi connectivity index (χ2n) is 1.94. The zero-order chi connectivity index (χ0) is 8.69. The maximum Gasteiger partial charge on any atom is 0.116 e. The lowest BCUT2D eigenvalue weighted by Crippen LogP contribution is -1.71. The van der Waals surface area contributed by atoms with E-state index in [0.717, 1.165) is 4.48 Å². The molecular weight excluding hydrogens is 204 g/mol. The van der Waals surface area contributed by atoms with Crippen molar-refractivity contribution in [1.82, 2.24) is 0 Å². The summed E-state index contributed by atoms with van der Waals surface area (Å²) >= 11 is 3.20. The molecule has 0 saturated heterocycles. The van der Waals surface area contributed by atoms with Crippen LogP contribution in [0.4, 0.5) is 0 Å². The average Bonchev–Trinajstić information content (AvgIpc) is 1.86. The van der Waals surface area contributed by atoms with E-state index in [1.807, 2.05) is 13.8 Å². The topological polar surface area (TPSA) is 20.2 Å². The Morgan fingerprint density at radius 2 is 2.18 bits per heavy atom. The quantitative estimate of drug-likeness (QED) is 0.425. The van der Waals surface area contributed by atoms with E-state index in [2.05, 4.69) is 21.7 Å². The number of aliphatic hydroxyl groups is 1. The van der Waals surface area contributed by atoms with Crippen LogP contribution in [0.25, 0.3) is 0 Å². The first-order valence-electron chi connectivity index (χ1n) is 3.27. The van der Waals surface area contributed by atoms with Crippen molar-refractivity contribution in [3.63, 3.8) is 0 Å². The SMILES string of the molecule is CC=C=C/C=C(O)\C=C(/C)Br. The maximum atomic E-state index is 9.12. The van der Waals surface area contributed by atoms with Gasteiger partial charge < -0.3 is 5.11 Å². The van der Waals surface area contributed by atoms with Crippen LogP contribution in [0.1, 0.15) is 13.8 Å². The van der Waals surface area contributed by atoms with Gasteiger partial charge >= 0.3 is 0 Å². The third-order valence-electron chi connectivity index (χ3n) is 0.864. The molecule has 0 saturated carbocycles. The maximum absolute atomic E-state index is 9.12. The Morgan fingerprint density at radius 1 is 1.55 bits per heavy atom. The minimum atomic E-state index is 0.216. The van der Waals surface area contributed by atoms with Crippen LogP contribution in [-0.4, -0.2) is 5.11 Å². The zero-order valence-electron chi connectivity index (χ0n) is 6.63. The van der Waals surface area contributed by atoms with Gasteiger partial charge in [0.05, 0.1) is 0 Å². The summed E-state index contributed by atoms with van der Waals surface area (Å²) < 4.78 is 0.889. The molecule has 0 bridgehead atoms. The van der Waals surface area contributed by atoms with Gasteiger partial charge in [-0.05, 0) is 42.6 Å². The highest BCUT2D eigenvalue weighted by Gasteiger charge is 1.83. The first kappa shape index (κ1) is 10.3. The van der Waals surface area contributed by atoms with Gasteiger partial charge in [0.1, 0.15) is 5.76 Å². The van der Waals surface area contributed by atoms with Crippen molar-refractivity contribution in [2.45, 2.75) is 13.8 Å². The predicted molar refractivity (Wildman–Crippen MR) is 51.7 cm³/mol. The van der Waals surface area contributed by atoms with Crippen LogP contribution in [0, 0.1) is 0 Å². The molecule has 0 atom stereocenters. The molecule has 0 aliphatic heterocycles. The molecule has 0 rings (SSSR count). The lowest BCUT2D eigenvalue weighted by atomic mass is 10.4. The molecule has 11 heavy (non-hydrogen) atoms. The molecule has 0 unspecified atom stereocenters. The van der Waals surface area contributed by atoms with Gasteiger partial charge in [-0.1, -0.05) is 15.9 Å². The molecule has 0 aliphatic rings. The van der Waals surface area contributed by atoms with Crippen LogP contribution >= 0.6 is 15.9 Å². The van der Waals surface area contributed by atoms with Gasteiger partial charge in [0.15, 0.2) is 0 Å². The summed E-state index contributed by atoms with van der Waals surface area (Å²) in [6.45, 7) is 3.72. The highest BCUT2D eigenvalue weighted by atomic mass is 79.9. The van der Waals surface area contributed by atoms with E-state index >= 15 is 0 Å². The third kappa shape index (κ3) is 7.17. The van der Waals surface area contributed by atoms with E-state index in [0.29, 0.717) is 0 Å². The van der Waals surface area contributed by atoms with E-state index in [1.165, 1.54) is 0 Å². The van der Waals surface area contributed by atoms with E-state index in [9.17, 15) is 0 Å². The van der Waals surface area contributed by atoms with Crippen LogP contribution in [0.15, 0.2) is 40.3 Å². The molecule has 0 aromatic rings. The summed E-state index contributed by atoms with van der Waals surface area (Å²) in [6, 6.07) is 0. The molecule has 0 radical (unpaired) electrons. The van der Waals surface area contributed by atoms with Gasteiger partial charge in [-0.3, -0.25) is 0 Å². The molecular formula is C9H11BrO. The van der Waals surface area contributed by atoms with E-state index in [4.69, 9.17) is 5.11 Å². The highest BCUT2D eigenvalue weighted by Crippen LogP contribution is 2.05. The highest BCUT2D eigenvalue weighted by molar-refractivity contribution is 9.11. The zero-order valence-corrected chi connectivity index (χ0v) is 8.22. The Labute approximate surface area is 75.6 Å². The Bertz CT molecular complexity index is 226. The standard InChI is InChI=1S/C9H11BrO/c1-3-4-5-6-9(11)7-8(2)10/h3,5-7,11H,1-2H3/b8-7+,9-6+. The first-order chi connectivity index (χ1) is 5.16. The van der Waals surface area contributed by atoms with Gasteiger partial charge in [-0.25, -0.2) is 0 Å².